The van der Waals surface area contributed by atoms with E-state index < -0.39 is 0 Å². The van der Waals surface area contributed by atoms with Gasteiger partial charge in [0.15, 0.2) is 5.82 Å². The monoisotopic (exact) mass is 366 g/mol. The van der Waals surface area contributed by atoms with E-state index in [9.17, 15) is 4.79 Å². The molecular formula is C16H22N4O4S. The molecule has 3 rings (SSSR count). The van der Waals surface area contributed by atoms with Gasteiger partial charge in [0.05, 0.1) is 24.1 Å². The van der Waals surface area contributed by atoms with Crippen molar-refractivity contribution in [2.45, 2.75) is 38.9 Å². The Balaban J connectivity index is 1.58. The van der Waals surface area contributed by atoms with Crippen molar-refractivity contribution in [3.05, 3.63) is 27.8 Å². The summed E-state index contributed by atoms with van der Waals surface area (Å²) in [5.41, 5.74) is 0.522. The number of hydrogen-bond donors (Lipinski definition) is 0. The van der Waals surface area contributed by atoms with E-state index in [0.29, 0.717) is 50.1 Å². The Labute approximate surface area is 150 Å². The van der Waals surface area contributed by atoms with Crippen molar-refractivity contribution in [2.75, 3.05) is 26.8 Å². The second-order valence-electron chi connectivity index (χ2n) is 5.86. The third-order valence-corrected chi connectivity index (χ3v) is 4.76. The van der Waals surface area contributed by atoms with Crippen LogP contribution in [0.4, 0.5) is 0 Å². The van der Waals surface area contributed by atoms with E-state index in [0.717, 1.165) is 17.8 Å². The first-order valence-corrected chi connectivity index (χ1v) is 9.23. The lowest BCUT2D eigenvalue weighted by Crippen LogP contribution is -2.46. The van der Waals surface area contributed by atoms with E-state index in [1.807, 2.05) is 5.38 Å². The quantitative estimate of drug-likeness (QED) is 0.737. The normalized spacial score (nSPS) is 17.8. The number of carbonyl (C=O) groups excluding carboxylic acids is 1. The van der Waals surface area contributed by atoms with Crippen LogP contribution in [0.5, 0.6) is 0 Å². The maximum atomic E-state index is 12.7. The molecule has 9 heteroatoms. The van der Waals surface area contributed by atoms with Gasteiger partial charge in [-0.2, -0.15) is 4.98 Å². The summed E-state index contributed by atoms with van der Waals surface area (Å²) >= 11 is 1.54. The summed E-state index contributed by atoms with van der Waals surface area (Å²) in [6, 6.07) is 0. The molecule has 3 heterocycles. The molecule has 0 saturated carbocycles. The number of aromatic nitrogens is 3. The zero-order valence-corrected chi connectivity index (χ0v) is 15.3. The van der Waals surface area contributed by atoms with Crippen molar-refractivity contribution in [2.24, 2.45) is 0 Å². The standard InChI is InChI=1S/C16H22N4O4S/c1-3-4-15-17-12(10-25-15)16(21)20-5-6-23-11(8-20)7-14-18-13(9-22-2)19-24-14/h10-11H,3-9H2,1-2H3/t11-/m1/s1. The largest absolute Gasteiger partial charge is 0.377 e. The summed E-state index contributed by atoms with van der Waals surface area (Å²) in [5, 5.41) is 6.68. The molecule has 0 spiro atoms. The van der Waals surface area contributed by atoms with Crippen molar-refractivity contribution >= 4 is 17.2 Å². The van der Waals surface area contributed by atoms with Crippen LogP contribution in [0.25, 0.3) is 0 Å². The number of aryl methyl sites for hydroxylation is 1. The van der Waals surface area contributed by atoms with Gasteiger partial charge < -0.3 is 18.9 Å². The van der Waals surface area contributed by atoms with Gasteiger partial charge in [-0.25, -0.2) is 4.98 Å². The lowest BCUT2D eigenvalue weighted by molar-refractivity contribution is -0.0239. The van der Waals surface area contributed by atoms with E-state index >= 15 is 0 Å². The summed E-state index contributed by atoms with van der Waals surface area (Å²) in [6.07, 6.45) is 2.24. The highest BCUT2D eigenvalue weighted by Gasteiger charge is 2.28. The summed E-state index contributed by atoms with van der Waals surface area (Å²) in [4.78, 5) is 23.1. The first kappa shape index (κ1) is 18.0. The molecule has 1 saturated heterocycles. The molecule has 0 radical (unpaired) electrons. The lowest BCUT2D eigenvalue weighted by Gasteiger charge is -2.32. The van der Waals surface area contributed by atoms with Crippen molar-refractivity contribution in [3.8, 4) is 0 Å². The van der Waals surface area contributed by atoms with E-state index in [2.05, 4.69) is 22.0 Å². The Hall–Kier alpha value is -1.84. The van der Waals surface area contributed by atoms with Crippen LogP contribution in [0.15, 0.2) is 9.90 Å². The SMILES string of the molecule is CCCc1nc(C(=O)N2CCO[C@H](Cc3nc(COC)no3)C2)cs1. The van der Waals surface area contributed by atoms with Crippen LogP contribution < -0.4 is 0 Å². The zero-order chi connectivity index (χ0) is 17.6. The Kier molecular flexibility index (Phi) is 6.11. The number of hydrogen-bond acceptors (Lipinski definition) is 8. The molecule has 1 fully saturated rings. The molecule has 2 aromatic rings. The molecule has 2 aromatic heterocycles. The fourth-order valence-electron chi connectivity index (χ4n) is 2.68. The zero-order valence-electron chi connectivity index (χ0n) is 14.4. The number of carbonyl (C=O) groups is 1. The average Bonchev–Trinajstić information content (AvgIpc) is 3.25. The number of methoxy groups -OCH3 is 1. The predicted octanol–water partition coefficient (Wildman–Crippen LogP) is 1.71. The second kappa shape index (κ2) is 8.50. The summed E-state index contributed by atoms with van der Waals surface area (Å²) < 4.78 is 15.9. The molecule has 136 valence electrons. The number of amides is 1. The molecule has 0 bridgehead atoms. The number of morpholine rings is 1. The van der Waals surface area contributed by atoms with Crippen LogP contribution in [0.2, 0.25) is 0 Å². The Morgan fingerprint density at radius 1 is 1.48 bits per heavy atom. The van der Waals surface area contributed by atoms with E-state index in [1.165, 1.54) is 0 Å². The Bertz CT molecular complexity index is 702. The minimum atomic E-state index is -0.165. The van der Waals surface area contributed by atoms with Gasteiger partial charge in [-0.15, -0.1) is 11.3 Å². The molecule has 25 heavy (non-hydrogen) atoms. The molecular weight excluding hydrogens is 344 g/mol. The van der Waals surface area contributed by atoms with E-state index in [-0.39, 0.29) is 12.0 Å². The number of thiazole rings is 1. The molecule has 8 nitrogen and oxygen atoms in total. The highest BCUT2D eigenvalue weighted by molar-refractivity contribution is 7.09. The summed E-state index contributed by atoms with van der Waals surface area (Å²) in [7, 11) is 1.58. The lowest BCUT2D eigenvalue weighted by atomic mass is 10.2. The first-order valence-electron chi connectivity index (χ1n) is 8.35. The molecule has 0 N–H and O–H groups in total. The third-order valence-electron chi connectivity index (χ3n) is 3.85. The van der Waals surface area contributed by atoms with Gasteiger partial charge in [-0.05, 0) is 12.8 Å². The topological polar surface area (TPSA) is 90.6 Å². The molecule has 0 unspecified atom stereocenters. The Morgan fingerprint density at radius 3 is 3.16 bits per heavy atom. The smallest absolute Gasteiger partial charge is 0.273 e. The van der Waals surface area contributed by atoms with Crippen LogP contribution in [0, 0.1) is 0 Å². The molecule has 0 aliphatic carbocycles. The molecule has 1 atom stereocenters. The summed E-state index contributed by atoms with van der Waals surface area (Å²) in [5.74, 6) is 0.954. The maximum absolute atomic E-state index is 12.7. The number of rotatable bonds is 7. The van der Waals surface area contributed by atoms with Crippen LogP contribution in [0.3, 0.4) is 0 Å². The molecule has 1 aliphatic rings. The van der Waals surface area contributed by atoms with Gasteiger partial charge in [0.1, 0.15) is 12.3 Å². The van der Waals surface area contributed by atoms with Gasteiger partial charge in [0.2, 0.25) is 5.89 Å². The molecule has 0 aromatic carbocycles. The molecule has 1 amide bonds. The number of ether oxygens (including phenoxy) is 2. The number of nitrogens with zero attached hydrogens (tertiary/aromatic N) is 4. The maximum Gasteiger partial charge on any atom is 0.273 e. The first-order chi connectivity index (χ1) is 12.2. The Morgan fingerprint density at radius 2 is 2.36 bits per heavy atom. The van der Waals surface area contributed by atoms with Gasteiger partial charge in [0, 0.05) is 25.6 Å². The van der Waals surface area contributed by atoms with Crippen molar-refractivity contribution in [3.63, 3.8) is 0 Å². The molecule has 1 aliphatic heterocycles. The minimum Gasteiger partial charge on any atom is -0.377 e. The van der Waals surface area contributed by atoms with E-state index in [1.54, 1.807) is 23.3 Å². The average molecular weight is 366 g/mol. The van der Waals surface area contributed by atoms with Gasteiger partial charge in [0.25, 0.3) is 5.91 Å². The second-order valence-corrected chi connectivity index (χ2v) is 6.80. The van der Waals surface area contributed by atoms with Crippen LogP contribution in [-0.2, 0) is 28.9 Å². The highest BCUT2D eigenvalue weighted by Crippen LogP contribution is 2.17. The predicted molar refractivity (Wildman–Crippen MR) is 90.5 cm³/mol. The van der Waals surface area contributed by atoms with Crippen molar-refractivity contribution in [1.82, 2.24) is 20.0 Å². The minimum absolute atomic E-state index is 0.0440. The van der Waals surface area contributed by atoms with E-state index in [4.69, 9.17) is 14.0 Å². The van der Waals surface area contributed by atoms with Crippen molar-refractivity contribution in [1.29, 1.82) is 0 Å². The summed E-state index contributed by atoms with van der Waals surface area (Å²) in [6.45, 7) is 3.95. The van der Waals surface area contributed by atoms with Crippen LogP contribution >= 0.6 is 11.3 Å². The highest BCUT2D eigenvalue weighted by atomic mass is 32.1. The van der Waals surface area contributed by atoms with Gasteiger partial charge >= 0.3 is 0 Å². The van der Waals surface area contributed by atoms with Crippen LogP contribution in [0.1, 0.15) is 40.6 Å². The fraction of sp³-hybridized carbons (Fsp3) is 0.625. The third kappa shape index (κ3) is 4.62. The van der Waals surface area contributed by atoms with Crippen molar-refractivity contribution < 1.29 is 18.8 Å². The van der Waals surface area contributed by atoms with Gasteiger partial charge in [-0.3, -0.25) is 4.79 Å². The fourth-order valence-corrected chi connectivity index (χ4v) is 3.56. The van der Waals surface area contributed by atoms with Crippen LogP contribution in [-0.4, -0.2) is 58.8 Å². The van der Waals surface area contributed by atoms with Gasteiger partial charge in [-0.1, -0.05) is 12.1 Å².